The summed E-state index contributed by atoms with van der Waals surface area (Å²) in [7, 11) is 1.82. The van der Waals surface area contributed by atoms with Gasteiger partial charge in [-0.2, -0.15) is 0 Å². The molecule has 0 radical (unpaired) electrons. The highest BCUT2D eigenvalue weighted by atomic mass is 35.5. The molecule has 0 aliphatic rings. The van der Waals surface area contributed by atoms with Crippen LogP contribution >= 0.6 is 46.3 Å². The number of carbonyl (C=O) groups is 1. The van der Waals surface area contributed by atoms with Crippen LogP contribution in [-0.4, -0.2) is 38.4 Å². The van der Waals surface area contributed by atoms with Gasteiger partial charge in [0.1, 0.15) is 0 Å². The molecule has 0 saturated heterocycles. The number of amides is 1. The van der Waals surface area contributed by atoms with Gasteiger partial charge < -0.3 is 9.47 Å². The Bertz CT molecular complexity index is 973. The second-order valence-electron chi connectivity index (χ2n) is 7.05. The summed E-state index contributed by atoms with van der Waals surface area (Å²) in [6, 6.07) is 9.35. The van der Waals surface area contributed by atoms with Crippen molar-refractivity contribution in [2.45, 2.75) is 32.1 Å². The van der Waals surface area contributed by atoms with Crippen LogP contribution in [0.1, 0.15) is 18.7 Å². The predicted octanol–water partition coefficient (Wildman–Crippen LogP) is 5.72. The van der Waals surface area contributed by atoms with E-state index in [2.05, 4.69) is 24.0 Å². The van der Waals surface area contributed by atoms with Crippen LogP contribution in [0.2, 0.25) is 10.0 Å². The second kappa shape index (κ2) is 9.98. The highest BCUT2D eigenvalue weighted by Crippen LogP contribution is 2.32. The number of halogens is 2. The number of benzene rings is 1. The van der Waals surface area contributed by atoms with Gasteiger partial charge in [0.05, 0.1) is 17.3 Å². The van der Waals surface area contributed by atoms with Crippen molar-refractivity contribution in [1.29, 1.82) is 0 Å². The monoisotopic (exact) mass is 468 g/mol. The summed E-state index contributed by atoms with van der Waals surface area (Å²) in [6.07, 6.45) is 0. The van der Waals surface area contributed by atoms with E-state index in [0.29, 0.717) is 39.2 Å². The molecule has 0 saturated carbocycles. The smallest absolute Gasteiger partial charge is 0.233 e. The Morgan fingerprint density at radius 2 is 2.07 bits per heavy atom. The molecular formula is C20H22Cl2N4OS2. The van der Waals surface area contributed by atoms with Crippen LogP contribution in [0.4, 0.5) is 0 Å². The van der Waals surface area contributed by atoms with Crippen molar-refractivity contribution >= 4 is 52.2 Å². The van der Waals surface area contributed by atoms with Crippen LogP contribution in [0.5, 0.6) is 0 Å². The summed E-state index contributed by atoms with van der Waals surface area (Å²) in [4.78, 5) is 15.5. The Morgan fingerprint density at radius 3 is 2.72 bits per heavy atom. The minimum Gasteiger partial charge on any atom is -0.340 e. The summed E-state index contributed by atoms with van der Waals surface area (Å²) in [5, 5.41) is 12.5. The largest absolute Gasteiger partial charge is 0.340 e. The van der Waals surface area contributed by atoms with Crippen molar-refractivity contribution in [3.63, 3.8) is 0 Å². The SMILES string of the molecule is CC(C)Cn1c(SCC(=O)N(C)Cc2cccs2)nnc1-c1ccc(Cl)cc1Cl. The number of carbonyl (C=O) groups excluding carboxylic acids is 1. The zero-order chi connectivity index (χ0) is 21.0. The first-order valence-corrected chi connectivity index (χ1v) is 11.7. The van der Waals surface area contributed by atoms with Gasteiger partial charge in [0.15, 0.2) is 11.0 Å². The van der Waals surface area contributed by atoms with Crippen LogP contribution < -0.4 is 0 Å². The van der Waals surface area contributed by atoms with Crippen LogP contribution in [-0.2, 0) is 17.9 Å². The molecule has 154 valence electrons. The first-order valence-electron chi connectivity index (χ1n) is 9.13. The molecular weight excluding hydrogens is 447 g/mol. The van der Waals surface area contributed by atoms with E-state index in [0.717, 1.165) is 17.0 Å². The van der Waals surface area contributed by atoms with Gasteiger partial charge in [-0.3, -0.25) is 4.79 Å². The van der Waals surface area contributed by atoms with E-state index in [-0.39, 0.29) is 5.91 Å². The second-order valence-corrected chi connectivity index (χ2v) is 9.87. The van der Waals surface area contributed by atoms with Gasteiger partial charge >= 0.3 is 0 Å². The quantitative estimate of drug-likeness (QED) is 0.396. The molecule has 0 unspecified atom stereocenters. The van der Waals surface area contributed by atoms with E-state index in [1.807, 2.05) is 35.2 Å². The highest BCUT2D eigenvalue weighted by Gasteiger charge is 2.19. The number of rotatable bonds is 8. The molecule has 0 aliphatic carbocycles. The van der Waals surface area contributed by atoms with E-state index in [4.69, 9.17) is 23.2 Å². The molecule has 0 N–H and O–H groups in total. The van der Waals surface area contributed by atoms with Gasteiger partial charge in [0.2, 0.25) is 5.91 Å². The fraction of sp³-hybridized carbons (Fsp3) is 0.350. The summed E-state index contributed by atoms with van der Waals surface area (Å²) in [5.74, 6) is 1.41. The van der Waals surface area contributed by atoms with Gasteiger partial charge in [-0.15, -0.1) is 21.5 Å². The third kappa shape index (κ3) is 5.75. The Hall–Kier alpha value is -1.54. The fourth-order valence-corrected chi connectivity index (χ4v) is 4.89. The third-order valence-corrected chi connectivity index (χ3v) is 6.52. The number of nitrogens with zero attached hydrogens (tertiary/aromatic N) is 4. The molecule has 0 atom stereocenters. The number of aromatic nitrogens is 3. The van der Waals surface area contributed by atoms with Gasteiger partial charge in [0.25, 0.3) is 0 Å². The molecule has 0 fully saturated rings. The number of hydrogen-bond acceptors (Lipinski definition) is 5. The average Bonchev–Trinajstić information content (AvgIpc) is 3.30. The van der Waals surface area contributed by atoms with Crippen molar-refractivity contribution in [2.75, 3.05) is 12.8 Å². The average molecular weight is 469 g/mol. The molecule has 0 aliphatic heterocycles. The molecule has 9 heteroatoms. The Kier molecular flexibility index (Phi) is 7.62. The van der Waals surface area contributed by atoms with Gasteiger partial charge in [-0.25, -0.2) is 0 Å². The Morgan fingerprint density at radius 1 is 1.28 bits per heavy atom. The maximum atomic E-state index is 12.6. The molecule has 1 aromatic carbocycles. The number of thiophene rings is 1. The standard InChI is InChI=1S/C20H22Cl2N4OS2/c1-13(2)10-26-19(16-7-6-14(21)9-17(16)22)23-24-20(26)29-12-18(27)25(3)11-15-5-4-8-28-15/h4-9,13H,10-12H2,1-3H3. The minimum absolute atomic E-state index is 0.0496. The van der Waals surface area contributed by atoms with Gasteiger partial charge in [0, 0.05) is 29.1 Å². The fourth-order valence-electron chi connectivity index (χ4n) is 2.76. The van der Waals surface area contributed by atoms with Crippen molar-refractivity contribution in [3.05, 3.63) is 50.6 Å². The van der Waals surface area contributed by atoms with Gasteiger partial charge in [-0.05, 0) is 35.6 Å². The van der Waals surface area contributed by atoms with E-state index >= 15 is 0 Å². The molecule has 2 aromatic heterocycles. The number of thioether (sulfide) groups is 1. The summed E-state index contributed by atoms with van der Waals surface area (Å²) < 4.78 is 2.02. The maximum Gasteiger partial charge on any atom is 0.233 e. The normalized spacial score (nSPS) is 11.2. The van der Waals surface area contributed by atoms with Crippen LogP contribution in [0.25, 0.3) is 11.4 Å². The lowest BCUT2D eigenvalue weighted by molar-refractivity contribution is -0.127. The molecule has 1 amide bonds. The minimum atomic E-state index is 0.0496. The molecule has 29 heavy (non-hydrogen) atoms. The van der Waals surface area contributed by atoms with Crippen LogP contribution in [0.15, 0.2) is 40.9 Å². The first-order chi connectivity index (χ1) is 13.8. The van der Waals surface area contributed by atoms with Gasteiger partial charge in [-0.1, -0.05) is 54.9 Å². The topological polar surface area (TPSA) is 51.0 Å². The molecule has 0 bridgehead atoms. The lowest BCUT2D eigenvalue weighted by Crippen LogP contribution is -2.27. The van der Waals surface area contributed by atoms with E-state index in [1.165, 1.54) is 11.8 Å². The zero-order valence-electron chi connectivity index (χ0n) is 16.4. The Labute approximate surface area is 189 Å². The molecule has 3 rings (SSSR count). The van der Waals surface area contributed by atoms with Crippen molar-refractivity contribution in [3.8, 4) is 11.4 Å². The summed E-state index contributed by atoms with van der Waals surface area (Å²) in [5.41, 5.74) is 0.775. The van der Waals surface area contributed by atoms with Crippen LogP contribution in [0.3, 0.4) is 0 Å². The predicted molar refractivity (Wildman–Crippen MR) is 122 cm³/mol. The van der Waals surface area contributed by atoms with E-state index in [1.54, 1.807) is 28.4 Å². The maximum absolute atomic E-state index is 12.6. The first kappa shape index (κ1) is 22.2. The lowest BCUT2D eigenvalue weighted by atomic mass is 10.2. The van der Waals surface area contributed by atoms with Crippen LogP contribution in [0, 0.1) is 5.92 Å². The molecule has 2 heterocycles. The van der Waals surface area contributed by atoms with E-state index < -0.39 is 0 Å². The highest BCUT2D eigenvalue weighted by molar-refractivity contribution is 7.99. The molecule has 3 aromatic rings. The Balaban J connectivity index is 1.76. The van der Waals surface area contributed by atoms with Crippen molar-refractivity contribution in [1.82, 2.24) is 19.7 Å². The molecule has 0 spiro atoms. The van der Waals surface area contributed by atoms with E-state index in [9.17, 15) is 4.79 Å². The van der Waals surface area contributed by atoms with Crippen molar-refractivity contribution < 1.29 is 4.79 Å². The third-order valence-electron chi connectivity index (χ3n) is 4.16. The number of hydrogen-bond donors (Lipinski definition) is 0. The van der Waals surface area contributed by atoms with Crippen molar-refractivity contribution in [2.24, 2.45) is 5.92 Å². The lowest BCUT2D eigenvalue weighted by Gasteiger charge is -2.16. The summed E-state index contributed by atoms with van der Waals surface area (Å²) in [6.45, 7) is 5.59. The summed E-state index contributed by atoms with van der Waals surface area (Å²) >= 11 is 15.5. The zero-order valence-corrected chi connectivity index (χ0v) is 19.6. The molecule has 5 nitrogen and oxygen atoms in total.